The lowest BCUT2D eigenvalue weighted by atomic mass is 10.1. The van der Waals surface area contributed by atoms with Gasteiger partial charge in [-0.05, 0) is 29.8 Å². The Morgan fingerprint density at radius 2 is 1.72 bits per heavy atom. The molecule has 0 spiro atoms. The van der Waals surface area contributed by atoms with Gasteiger partial charge in [0, 0.05) is 52.0 Å². The largest absolute Gasteiger partial charge is 0.573 e. The van der Waals surface area contributed by atoms with Gasteiger partial charge < -0.3 is 19.1 Å². The van der Waals surface area contributed by atoms with Crippen LogP contribution in [-0.4, -0.2) is 63.7 Å². The zero-order valence-electron chi connectivity index (χ0n) is 19.3. The monoisotopic (exact) mass is 521 g/mol. The van der Waals surface area contributed by atoms with Crippen LogP contribution in [-0.2, 0) is 24.7 Å². The lowest BCUT2D eigenvalue weighted by molar-refractivity contribution is -0.274. The number of rotatable bonds is 7. The number of nitrogens with zero attached hydrogens (tertiary/aromatic N) is 5. The summed E-state index contributed by atoms with van der Waals surface area (Å²) in [6, 6.07) is 8.76. The minimum absolute atomic E-state index is 0.00205. The number of ether oxygens (including phenoxy) is 1. The Balaban J connectivity index is 1.31. The van der Waals surface area contributed by atoms with E-state index in [1.54, 1.807) is 35.0 Å². The number of halogens is 4. The molecule has 36 heavy (non-hydrogen) atoms. The minimum Gasteiger partial charge on any atom is -0.406 e. The molecule has 3 aromatic rings. The molecule has 0 bridgehead atoms. The summed E-state index contributed by atoms with van der Waals surface area (Å²) in [5.74, 6) is 0.286. The van der Waals surface area contributed by atoms with Crippen LogP contribution in [0.1, 0.15) is 21.9 Å². The average molecular weight is 522 g/mol. The Bertz CT molecular complexity index is 1220. The number of hydrogen-bond acceptors (Lipinski definition) is 6. The van der Waals surface area contributed by atoms with E-state index in [2.05, 4.69) is 19.6 Å². The van der Waals surface area contributed by atoms with E-state index in [1.807, 2.05) is 6.07 Å². The molecule has 0 unspecified atom stereocenters. The molecule has 4 rings (SSSR count). The van der Waals surface area contributed by atoms with Crippen molar-refractivity contribution in [1.29, 1.82) is 0 Å². The Morgan fingerprint density at radius 1 is 1.03 bits per heavy atom. The number of aryl methyl sites for hydroxylation is 1. The molecule has 0 radical (unpaired) electrons. The number of anilines is 1. The molecule has 0 atom stereocenters. The fraction of sp³-hybridized carbons (Fsp3) is 0.333. The van der Waals surface area contributed by atoms with Crippen LogP contribution in [0.5, 0.6) is 5.75 Å². The highest BCUT2D eigenvalue weighted by Crippen LogP contribution is 2.23. The SMILES string of the molecule is Cn1cc(CC(=O)Cc2ccc(OC(F)(F)F)cc2)nc1C(=O)N1CCN(c2ccc(Cl)cn2)CC1. The molecular formula is C24H23ClF3N5O3. The zero-order valence-corrected chi connectivity index (χ0v) is 20.1. The number of Topliss-reactive ketones (excluding diaryl/α,β-unsaturated/α-hetero) is 1. The number of piperazine rings is 1. The number of pyridine rings is 1. The van der Waals surface area contributed by atoms with Gasteiger partial charge >= 0.3 is 6.36 Å². The van der Waals surface area contributed by atoms with Crippen LogP contribution in [0.2, 0.25) is 5.02 Å². The number of imidazole rings is 1. The van der Waals surface area contributed by atoms with Crippen LogP contribution in [0.3, 0.4) is 0 Å². The van der Waals surface area contributed by atoms with E-state index in [0.717, 1.165) is 18.0 Å². The first-order valence-corrected chi connectivity index (χ1v) is 11.5. The minimum atomic E-state index is -4.77. The highest BCUT2D eigenvalue weighted by Gasteiger charge is 2.31. The lowest BCUT2D eigenvalue weighted by Crippen LogP contribution is -2.49. The summed E-state index contributed by atoms with van der Waals surface area (Å²) in [5, 5.41) is 0.560. The van der Waals surface area contributed by atoms with E-state index in [0.29, 0.717) is 42.5 Å². The molecule has 190 valence electrons. The van der Waals surface area contributed by atoms with Crippen LogP contribution < -0.4 is 9.64 Å². The number of alkyl halides is 3. The third-order valence-corrected chi connectivity index (χ3v) is 5.88. The van der Waals surface area contributed by atoms with Crippen molar-refractivity contribution in [3.05, 3.63) is 70.9 Å². The smallest absolute Gasteiger partial charge is 0.406 e. The summed E-state index contributed by atoms with van der Waals surface area (Å²) in [6.45, 7) is 2.22. The molecule has 1 saturated heterocycles. The maximum atomic E-state index is 13.0. The molecule has 0 N–H and O–H groups in total. The predicted molar refractivity (Wildman–Crippen MR) is 126 cm³/mol. The molecule has 3 heterocycles. The van der Waals surface area contributed by atoms with Gasteiger partial charge in [0.1, 0.15) is 17.4 Å². The molecule has 12 heteroatoms. The second-order valence-corrected chi connectivity index (χ2v) is 8.80. The highest BCUT2D eigenvalue weighted by molar-refractivity contribution is 6.30. The van der Waals surface area contributed by atoms with Crippen LogP contribution in [0, 0.1) is 0 Å². The number of carbonyl (C=O) groups is 2. The third-order valence-electron chi connectivity index (χ3n) is 5.66. The topological polar surface area (TPSA) is 80.6 Å². The summed E-state index contributed by atoms with van der Waals surface area (Å²) in [5.41, 5.74) is 1.00. The summed E-state index contributed by atoms with van der Waals surface area (Å²) < 4.78 is 42.3. The summed E-state index contributed by atoms with van der Waals surface area (Å²) in [7, 11) is 1.70. The maximum absolute atomic E-state index is 13.0. The van der Waals surface area contributed by atoms with Crippen molar-refractivity contribution in [3.63, 3.8) is 0 Å². The fourth-order valence-electron chi connectivity index (χ4n) is 3.95. The fourth-order valence-corrected chi connectivity index (χ4v) is 4.06. The number of carbonyl (C=O) groups excluding carboxylic acids is 2. The highest BCUT2D eigenvalue weighted by atomic mass is 35.5. The van der Waals surface area contributed by atoms with Crippen molar-refractivity contribution in [1.82, 2.24) is 19.4 Å². The van der Waals surface area contributed by atoms with Gasteiger partial charge in [0.15, 0.2) is 5.82 Å². The number of ketones is 1. The molecular weight excluding hydrogens is 499 g/mol. The van der Waals surface area contributed by atoms with Gasteiger partial charge in [-0.25, -0.2) is 9.97 Å². The van der Waals surface area contributed by atoms with Crippen molar-refractivity contribution < 1.29 is 27.5 Å². The normalized spacial score (nSPS) is 14.1. The van der Waals surface area contributed by atoms with Crippen LogP contribution in [0.25, 0.3) is 0 Å². The van der Waals surface area contributed by atoms with Gasteiger partial charge in [-0.3, -0.25) is 9.59 Å². The van der Waals surface area contributed by atoms with E-state index < -0.39 is 6.36 Å². The summed E-state index contributed by atoms with van der Waals surface area (Å²) in [6.07, 6.45) is -1.53. The van der Waals surface area contributed by atoms with E-state index in [1.165, 1.54) is 12.1 Å². The standard InChI is InChI=1S/C24H23ClF3N5O3/c1-31-15-18(13-19(34)12-16-2-5-20(6-3-16)36-24(26,27)28)30-22(31)23(35)33-10-8-32(9-11-33)21-7-4-17(25)14-29-21/h2-7,14-15H,8-13H2,1H3. The van der Waals surface area contributed by atoms with Crippen molar-refractivity contribution in [2.45, 2.75) is 19.2 Å². The molecule has 1 aliphatic heterocycles. The van der Waals surface area contributed by atoms with Crippen LogP contribution in [0.4, 0.5) is 19.0 Å². The van der Waals surface area contributed by atoms with Crippen molar-refractivity contribution >= 4 is 29.1 Å². The average Bonchev–Trinajstić information content (AvgIpc) is 3.19. The number of hydrogen-bond donors (Lipinski definition) is 0. The van der Waals surface area contributed by atoms with Crippen molar-refractivity contribution in [2.24, 2.45) is 7.05 Å². The van der Waals surface area contributed by atoms with Gasteiger partial charge in [-0.1, -0.05) is 23.7 Å². The van der Waals surface area contributed by atoms with Gasteiger partial charge in [-0.15, -0.1) is 13.2 Å². The first kappa shape index (κ1) is 25.5. The van der Waals surface area contributed by atoms with E-state index in [4.69, 9.17) is 11.6 Å². The van der Waals surface area contributed by atoms with Crippen molar-refractivity contribution in [3.8, 4) is 5.75 Å². The molecule has 1 aliphatic rings. The Morgan fingerprint density at radius 3 is 2.33 bits per heavy atom. The van der Waals surface area contributed by atoms with Gasteiger partial charge in [0.2, 0.25) is 0 Å². The quantitative estimate of drug-likeness (QED) is 0.472. The summed E-state index contributed by atoms with van der Waals surface area (Å²) in [4.78, 5) is 38.0. The summed E-state index contributed by atoms with van der Waals surface area (Å²) >= 11 is 5.89. The molecule has 1 aromatic carbocycles. The second-order valence-electron chi connectivity index (χ2n) is 8.36. The number of amides is 1. The molecule has 0 aliphatic carbocycles. The molecule has 0 saturated carbocycles. The molecule has 8 nitrogen and oxygen atoms in total. The van der Waals surface area contributed by atoms with Crippen LogP contribution >= 0.6 is 11.6 Å². The molecule has 2 aromatic heterocycles. The van der Waals surface area contributed by atoms with Crippen LogP contribution in [0.15, 0.2) is 48.8 Å². The molecule has 1 amide bonds. The Hall–Kier alpha value is -3.60. The first-order chi connectivity index (χ1) is 17.1. The number of aromatic nitrogens is 3. The van der Waals surface area contributed by atoms with E-state index in [9.17, 15) is 22.8 Å². The van der Waals surface area contributed by atoms with Gasteiger partial charge in [-0.2, -0.15) is 0 Å². The predicted octanol–water partition coefficient (Wildman–Crippen LogP) is 3.68. The molecule has 1 fully saturated rings. The van der Waals surface area contributed by atoms with Gasteiger partial charge in [0.25, 0.3) is 5.91 Å². The van der Waals surface area contributed by atoms with Gasteiger partial charge in [0.05, 0.1) is 17.1 Å². The third kappa shape index (κ3) is 6.54. The van der Waals surface area contributed by atoms with Crippen molar-refractivity contribution in [2.75, 3.05) is 31.1 Å². The number of benzene rings is 1. The zero-order chi connectivity index (χ0) is 25.9. The Kier molecular flexibility index (Phi) is 7.48. The van der Waals surface area contributed by atoms with E-state index in [-0.39, 0.29) is 36.1 Å². The maximum Gasteiger partial charge on any atom is 0.573 e. The second kappa shape index (κ2) is 10.6. The Labute approximate surface area is 210 Å². The lowest BCUT2D eigenvalue weighted by Gasteiger charge is -2.35. The van der Waals surface area contributed by atoms with E-state index >= 15 is 0 Å². The first-order valence-electron chi connectivity index (χ1n) is 11.1.